The van der Waals surface area contributed by atoms with E-state index in [1.54, 1.807) is 0 Å². The van der Waals surface area contributed by atoms with Crippen LogP contribution in [0.1, 0.15) is 42.4 Å². The van der Waals surface area contributed by atoms with Crippen molar-refractivity contribution in [1.82, 2.24) is 5.32 Å². The van der Waals surface area contributed by atoms with Gasteiger partial charge in [-0.25, -0.2) is 8.78 Å². The maximum Gasteiger partial charge on any atom is 0.248 e. The highest BCUT2D eigenvalue weighted by Crippen LogP contribution is 2.53. The highest BCUT2D eigenvalue weighted by Gasteiger charge is 2.53. The highest BCUT2D eigenvalue weighted by atomic mass is 19.3. The predicted octanol–water partition coefficient (Wildman–Crippen LogP) is 3.54. The van der Waals surface area contributed by atoms with E-state index in [9.17, 15) is 8.78 Å². The molecule has 0 radical (unpaired) electrons. The highest BCUT2D eigenvalue weighted by molar-refractivity contribution is 5.41. The summed E-state index contributed by atoms with van der Waals surface area (Å²) in [4.78, 5) is 0. The van der Waals surface area contributed by atoms with Crippen molar-refractivity contribution in [3.05, 3.63) is 34.9 Å². The molecule has 0 aliphatic heterocycles. The van der Waals surface area contributed by atoms with Crippen LogP contribution in [-0.2, 0) is 12.0 Å². The van der Waals surface area contributed by atoms with Gasteiger partial charge < -0.3 is 5.32 Å². The lowest BCUT2D eigenvalue weighted by atomic mass is 9.90. The molecule has 3 rings (SSSR count). The molecule has 1 aromatic rings. The zero-order valence-electron chi connectivity index (χ0n) is 10.7. The van der Waals surface area contributed by atoms with Crippen molar-refractivity contribution in [1.29, 1.82) is 0 Å². The maximum atomic E-state index is 13.2. The van der Waals surface area contributed by atoms with E-state index in [1.807, 2.05) is 19.1 Å². The number of aryl methyl sites for hydroxylation is 1. The van der Waals surface area contributed by atoms with Gasteiger partial charge in [0.2, 0.25) is 6.43 Å². The number of halogens is 2. The van der Waals surface area contributed by atoms with Gasteiger partial charge in [0, 0.05) is 12.6 Å². The Hall–Kier alpha value is -0.960. The summed E-state index contributed by atoms with van der Waals surface area (Å²) in [6.07, 6.45) is 1.47. The third-order valence-electron chi connectivity index (χ3n) is 4.16. The second-order valence-corrected chi connectivity index (χ2v) is 5.77. The first-order valence-electron chi connectivity index (χ1n) is 6.73. The van der Waals surface area contributed by atoms with Crippen LogP contribution in [0.25, 0.3) is 0 Å². The average molecular weight is 251 g/mol. The molecule has 0 spiro atoms. The van der Waals surface area contributed by atoms with Crippen LogP contribution in [0.2, 0.25) is 0 Å². The van der Waals surface area contributed by atoms with Crippen molar-refractivity contribution < 1.29 is 8.78 Å². The standard InChI is InChI=1S/C15H19F2N/c1-10-2-5-13(15(6-7-15)14(16)17)11(8-10)9-18-12-3-4-12/h2,5,8,12,14,18H,3-4,6-7,9H2,1H3. The van der Waals surface area contributed by atoms with Crippen LogP contribution < -0.4 is 5.32 Å². The molecule has 0 aromatic heterocycles. The Kier molecular flexibility index (Phi) is 2.89. The molecule has 0 unspecified atom stereocenters. The minimum Gasteiger partial charge on any atom is -0.310 e. The van der Waals surface area contributed by atoms with E-state index in [0.29, 0.717) is 18.9 Å². The van der Waals surface area contributed by atoms with Gasteiger partial charge in [-0.15, -0.1) is 0 Å². The molecule has 2 aliphatic rings. The van der Waals surface area contributed by atoms with Crippen LogP contribution in [0.3, 0.4) is 0 Å². The smallest absolute Gasteiger partial charge is 0.248 e. The van der Waals surface area contributed by atoms with E-state index in [1.165, 1.54) is 12.8 Å². The fourth-order valence-corrected chi connectivity index (χ4v) is 2.64. The Balaban J connectivity index is 1.87. The Bertz CT molecular complexity index is 448. The summed E-state index contributed by atoms with van der Waals surface area (Å²) < 4.78 is 26.5. The zero-order valence-corrected chi connectivity index (χ0v) is 10.7. The molecule has 3 heteroatoms. The van der Waals surface area contributed by atoms with Gasteiger partial charge in [-0.2, -0.15) is 0 Å². The van der Waals surface area contributed by atoms with Gasteiger partial charge in [0.05, 0.1) is 5.41 Å². The van der Waals surface area contributed by atoms with E-state index in [2.05, 4.69) is 11.4 Å². The largest absolute Gasteiger partial charge is 0.310 e. The third kappa shape index (κ3) is 2.16. The molecular weight excluding hydrogens is 232 g/mol. The summed E-state index contributed by atoms with van der Waals surface area (Å²) in [5, 5.41) is 3.43. The molecular formula is C15H19F2N. The first kappa shape index (κ1) is 12.1. The van der Waals surface area contributed by atoms with Crippen LogP contribution in [-0.4, -0.2) is 12.5 Å². The first-order valence-corrected chi connectivity index (χ1v) is 6.73. The van der Waals surface area contributed by atoms with Gasteiger partial charge in [0.1, 0.15) is 0 Å². The molecule has 0 atom stereocenters. The van der Waals surface area contributed by atoms with Gasteiger partial charge in [0.25, 0.3) is 0 Å². The Morgan fingerprint density at radius 3 is 2.61 bits per heavy atom. The van der Waals surface area contributed by atoms with Gasteiger partial charge in [-0.3, -0.25) is 0 Å². The maximum absolute atomic E-state index is 13.2. The molecule has 2 saturated carbocycles. The molecule has 2 aliphatic carbocycles. The number of alkyl halides is 2. The van der Waals surface area contributed by atoms with Crippen molar-refractivity contribution in [3.63, 3.8) is 0 Å². The van der Waals surface area contributed by atoms with Gasteiger partial charge in [0.15, 0.2) is 0 Å². The summed E-state index contributed by atoms with van der Waals surface area (Å²) in [7, 11) is 0. The van der Waals surface area contributed by atoms with E-state index in [-0.39, 0.29) is 0 Å². The predicted molar refractivity (Wildman–Crippen MR) is 68.0 cm³/mol. The molecule has 1 aromatic carbocycles. The second kappa shape index (κ2) is 4.30. The van der Waals surface area contributed by atoms with Crippen LogP contribution in [0.4, 0.5) is 8.78 Å². The Morgan fingerprint density at radius 1 is 1.33 bits per heavy atom. The topological polar surface area (TPSA) is 12.0 Å². The van der Waals surface area contributed by atoms with Crippen molar-refractivity contribution in [2.45, 2.75) is 57.0 Å². The van der Waals surface area contributed by atoms with Crippen molar-refractivity contribution in [3.8, 4) is 0 Å². The molecule has 1 nitrogen and oxygen atoms in total. The van der Waals surface area contributed by atoms with Crippen LogP contribution in [0.15, 0.2) is 18.2 Å². The number of benzene rings is 1. The number of hydrogen-bond donors (Lipinski definition) is 1. The van der Waals surface area contributed by atoms with Crippen molar-refractivity contribution in [2.75, 3.05) is 0 Å². The van der Waals surface area contributed by atoms with Crippen molar-refractivity contribution in [2.24, 2.45) is 0 Å². The van der Waals surface area contributed by atoms with Gasteiger partial charge in [-0.05, 0) is 43.7 Å². The Labute approximate surface area is 107 Å². The molecule has 0 bridgehead atoms. The minimum absolute atomic E-state index is 0.611. The molecule has 0 heterocycles. The molecule has 1 N–H and O–H groups in total. The van der Waals surface area contributed by atoms with E-state index < -0.39 is 11.8 Å². The summed E-state index contributed by atoms with van der Waals surface area (Å²) in [6, 6.07) is 6.55. The summed E-state index contributed by atoms with van der Waals surface area (Å²) in [5.74, 6) is 0. The molecule has 0 saturated heterocycles. The Morgan fingerprint density at radius 2 is 2.06 bits per heavy atom. The van der Waals surface area contributed by atoms with Crippen molar-refractivity contribution >= 4 is 0 Å². The summed E-state index contributed by atoms with van der Waals surface area (Å²) in [5.41, 5.74) is 2.25. The van der Waals surface area contributed by atoms with Crippen LogP contribution in [0.5, 0.6) is 0 Å². The molecule has 0 amide bonds. The number of nitrogens with one attached hydrogen (secondary N) is 1. The van der Waals surface area contributed by atoms with Crippen LogP contribution in [0, 0.1) is 6.92 Å². The SMILES string of the molecule is Cc1ccc(C2(C(F)F)CC2)c(CNC2CC2)c1. The first-order chi connectivity index (χ1) is 8.62. The molecule has 98 valence electrons. The molecule has 18 heavy (non-hydrogen) atoms. The van der Waals surface area contributed by atoms with Gasteiger partial charge in [-0.1, -0.05) is 23.8 Å². The van der Waals surface area contributed by atoms with E-state index >= 15 is 0 Å². The van der Waals surface area contributed by atoms with E-state index in [0.717, 1.165) is 23.2 Å². The van der Waals surface area contributed by atoms with E-state index in [4.69, 9.17) is 0 Å². The van der Waals surface area contributed by atoms with Crippen LogP contribution >= 0.6 is 0 Å². The zero-order chi connectivity index (χ0) is 12.8. The summed E-state index contributed by atoms with van der Waals surface area (Å²) >= 11 is 0. The lowest BCUT2D eigenvalue weighted by Crippen LogP contribution is -2.23. The fourth-order valence-electron chi connectivity index (χ4n) is 2.64. The normalized spacial score (nSPS) is 21.3. The molecule has 2 fully saturated rings. The fraction of sp³-hybridized carbons (Fsp3) is 0.600. The quantitative estimate of drug-likeness (QED) is 0.844. The number of hydrogen-bond acceptors (Lipinski definition) is 1. The van der Waals surface area contributed by atoms with Gasteiger partial charge >= 0.3 is 0 Å². The summed E-state index contributed by atoms with van der Waals surface area (Å²) in [6.45, 7) is 2.75. The average Bonchev–Trinajstić information content (AvgIpc) is 3.20. The lowest BCUT2D eigenvalue weighted by Gasteiger charge is -2.20. The lowest BCUT2D eigenvalue weighted by molar-refractivity contribution is 0.101. The third-order valence-corrected chi connectivity index (χ3v) is 4.16. The minimum atomic E-state index is -2.24. The second-order valence-electron chi connectivity index (χ2n) is 5.77. The number of rotatable bonds is 5. The monoisotopic (exact) mass is 251 g/mol.